The van der Waals surface area contributed by atoms with Gasteiger partial charge in [-0.15, -0.1) is 0 Å². The highest BCUT2D eigenvalue weighted by Crippen LogP contribution is 2.23. The average Bonchev–Trinajstić information content (AvgIpc) is 2.33. The third kappa shape index (κ3) is 0.935. The van der Waals surface area contributed by atoms with Crippen LogP contribution in [0.15, 0.2) is 22.7 Å². The third-order valence-corrected chi connectivity index (χ3v) is 1.70. The molecule has 0 aliphatic heterocycles. The molecule has 0 saturated heterocycles. The van der Waals surface area contributed by atoms with Gasteiger partial charge in [-0.3, -0.25) is 0 Å². The summed E-state index contributed by atoms with van der Waals surface area (Å²) in [5.74, 6) is 0.308. The summed E-state index contributed by atoms with van der Waals surface area (Å²) >= 11 is 5.72. The maximum absolute atomic E-state index is 5.72. The molecular weight excluding hydrogens is 164 g/mol. The summed E-state index contributed by atoms with van der Waals surface area (Å²) in [6.07, 6.45) is 0. The van der Waals surface area contributed by atoms with E-state index in [0.29, 0.717) is 10.9 Å². The van der Waals surface area contributed by atoms with Crippen molar-refractivity contribution in [1.82, 2.24) is 5.16 Å². The lowest BCUT2D eigenvalue weighted by Gasteiger charge is -1.87. The Hall–Kier alpha value is -1.22. The van der Waals surface area contributed by atoms with Crippen LogP contribution in [0.25, 0.3) is 10.9 Å². The van der Waals surface area contributed by atoms with Gasteiger partial charge in [0.25, 0.3) is 0 Å². The van der Waals surface area contributed by atoms with Gasteiger partial charge in [0, 0.05) is 5.02 Å². The minimum atomic E-state index is 0.308. The molecule has 2 N–H and O–H groups in total. The van der Waals surface area contributed by atoms with Crippen LogP contribution in [-0.4, -0.2) is 5.16 Å². The summed E-state index contributed by atoms with van der Waals surface area (Å²) in [6.45, 7) is 0. The molecule has 1 aromatic heterocycles. The minimum Gasteiger partial charge on any atom is -0.367 e. The summed E-state index contributed by atoms with van der Waals surface area (Å²) in [6, 6.07) is 5.23. The molecule has 0 amide bonds. The summed E-state index contributed by atoms with van der Waals surface area (Å²) in [4.78, 5) is 0. The van der Waals surface area contributed by atoms with Gasteiger partial charge in [-0.05, 0) is 18.2 Å². The maximum Gasteiger partial charge on any atom is 0.230 e. The summed E-state index contributed by atoms with van der Waals surface area (Å²) in [5.41, 5.74) is 6.19. The second-order valence-corrected chi connectivity index (χ2v) is 2.64. The number of hydrogen-bond donors (Lipinski definition) is 1. The quantitative estimate of drug-likeness (QED) is 0.655. The third-order valence-electron chi connectivity index (χ3n) is 1.47. The van der Waals surface area contributed by atoms with Crippen LogP contribution >= 0.6 is 11.6 Å². The topological polar surface area (TPSA) is 52.0 Å². The van der Waals surface area contributed by atoms with Crippen LogP contribution in [0.2, 0.25) is 5.02 Å². The van der Waals surface area contributed by atoms with Crippen LogP contribution < -0.4 is 5.73 Å². The van der Waals surface area contributed by atoms with E-state index in [4.69, 9.17) is 21.9 Å². The fraction of sp³-hybridized carbons (Fsp3) is 0. The van der Waals surface area contributed by atoms with Crippen molar-refractivity contribution in [3.05, 3.63) is 23.2 Å². The van der Waals surface area contributed by atoms with E-state index in [0.717, 1.165) is 10.9 Å². The van der Waals surface area contributed by atoms with E-state index in [-0.39, 0.29) is 0 Å². The highest BCUT2D eigenvalue weighted by Gasteiger charge is 2.03. The molecule has 0 fully saturated rings. The molecule has 0 unspecified atom stereocenters. The van der Waals surface area contributed by atoms with Crippen LogP contribution in [0.5, 0.6) is 0 Å². The first-order valence-electron chi connectivity index (χ1n) is 3.08. The first-order valence-corrected chi connectivity index (χ1v) is 3.45. The number of nitrogens with zero attached hydrogens (tertiary/aromatic N) is 1. The minimum absolute atomic E-state index is 0.308. The van der Waals surface area contributed by atoms with Gasteiger partial charge in [-0.1, -0.05) is 16.8 Å². The Bertz CT molecular complexity index is 396. The van der Waals surface area contributed by atoms with Crippen LogP contribution in [0, 0.1) is 0 Å². The normalized spacial score (nSPS) is 10.6. The van der Waals surface area contributed by atoms with Crippen molar-refractivity contribution in [2.24, 2.45) is 0 Å². The van der Waals surface area contributed by atoms with E-state index < -0.39 is 0 Å². The zero-order valence-electron chi connectivity index (χ0n) is 5.54. The average molecular weight is 169 g/mol. The standard InChI is InChI=1S/C7H5ClN2O/c8-4-1-2-6-5(3-4)7(9)11-10-6/h1-3H,9H2. The summed E-state index contributed by atoms with van der Waals surface area (Å²) < 4.78 is 4.74. The second-order valence-electron chi connectivity index (χ2n) is 2.21. The van der Waals surface area contributed by atoms with E-state index in [9.17, 15) is 0 Å². The van der Waals surface area contributed by atoms with Crippen molar-refractivity contribution in [2.75, 3.05) is 5.73 Å². The molecule has 0 radical (unpaired) electrons. The number of hydrogen-bond acceptors (Lipinski definition) is 3. The molecule has 0 bridgehead atoms. The first-order chi connectivity index (χ1) is 5.27. The Labute approximate surface area is 67.7 Å². The predicted octanol–water partition coefficient (Wildman–Crippen LogP) is 2.06. The molecule has 0 aliphatic rings. The molecule has 0 atom stereocenters. The van der Waals surface area contributed by atoms with Gasteiger partial charge in [0.1, 0.15) is 5.52 Å². The fourth-order valence-corrected chi connectivity index (χ4v) is 1.10. The molecule has 1 aromatic carbocycles. The van der Waals surface area contributed by atoms with Gasteiger partial charge in [0.15, 0.2) is 0 Å². The van der Waals surface area contributed by atoms with Gasteiger partial charge in [-0.2, -0.15) is 0 Å². The molecule has 2 aromatic rings. The lowest BCUT2D eigenvalue weighted by Crippen LogP contribution is -1.79. The zero-order chi connectivity index (χ0) is 7.84. The summed E-state index contributed by atoms with van der Waals surface area (Å²) in [7, 11) is 0. The van der Waals surface area contributed by atoms with Crippen molar-refractivity contribution in [1.29, 1.82) is 0 Å². The molecule has 0 saturated carbocycles. The zero-order valence-corrected chi connectivity index (χ0v) is 6.30. The van der Waals surface area contributed by atoms with Gasteiger partial charge in [0.2, 0.25) is 5.88 Å². The van der Waals surface area contributed by atoms with E-state index in [1.54, 1.807) is 18.2 Å². The number of fused-ring (bicyclic) bond motifs is 1. The Kier molecular flexibility index (Phi) is 1.26. The van der Waals surface area contributed by atoms with Crippen LogP contribution in [0.4, 0.5) is 5.88 Å². The van der Waals surface area contributed by atoms with Crippen LogP contribution in [0.3, 0.4) is 0 Å². The van der Waals surface area contributed by atoms with Crippen molar-refractivity contribution >= 4 is 28.4 Å². The second kappa shape index (κ2) is 2.13. The largest absolute Gasteiger partial charge is 0.367 e. The Balaban J connectivity index is 2.87. The number of halogens is 1. The lowest BCUT2D eigenvalue weighted by molar-refractivity contribution is 0.445. The van der Waals surface area contributed by atoms with Crippen LogP contribution in [0.1, 0.15) is 0 Å². The highest BCUT2D eigenvalue weighted by molar-refractivity contribution is 6.31. The Morgan fingerprint density at radius 1 is 1.45 bits per heavy atom. The van der Waals surface area contributed by atoms with Crippen molar-refractivity contribution in [2.45, 2.75) is 0 Å². The van der Waals surface area contributed by atoms with Gasteiger partial charge in [-0.25, -0.2) is 0 Å². The molecule has 3 nitrogen and oxygen atoms in total. The van der Waals surface area contributed by atoms with Gasteiger partial charge < -0.3 is 10.3 Å². The monoisotopic (exact) mass is 168 g/mol. The highest BCUT2D eigenvalue weighted by atomic mass is 35.5. The summed E-state index contributed by atoms with van der Waals surface area (Å²) in [5, 5.41) is 5.09. The van der Waals surface area contributed by atoms with Crippen LogP contribution in [-0.2, 0) is 0 Å². The van der Waals surface area contributed by atoms with Crippen molar-refractivity contribution in [3.63, 3.8) is 0 Å². The molecule has 0 aliphatic carbocycles. The number of nitrogen functional groups attached to an aromatic ring is 1. The predicted molar refractivity (Wildman–Crippen MR) is 43.4 cm³/mol. The maximum atomic E-state index is 5.72. The molecule has 4 heteroatoms. The smallest absolute Gasteiger partial charge is 0.230 e. The van der Waals surface area contributed by atoms with E-state index in [1.807, 2.05) is 0 Å². The fourth-order valence-electron chi connectivity index (χ4n) is 0.933. The van der Waals surface area contributed by atoms with Crippen molar-refractivity contribution in [3.8, 4) is 0 Å². The Morgan fingerprint density at radius 3 is 3.09 bits per heavy atom. The first kappa shape index (κ1) is 6.49. The number of benzene rings is 1. The molecule has 56 valence electrons. The van der Waals surface area contributed by atoms with Gasteiger partial charge in [0.05, 0.1) is 5.39 Å². The number of anilines is 1. The van der Waals surface area contributed by atoms with E-state index in [1.165, 1.54) is 0 Å². The molecule has 11 heavy (non-hydrogen) atoms. The van der Waals surface area contributed by atoms with Gasteiger partial charge >= 0.3 is 0 Å². The molecule has 2 rings (SSSR count). The Morgan fingerprint density at radius 2 is 2.27 bits per heavy atom. The molecular formula is C7H5ClN2O. The van der Waals surface area contributed by atoms with E-state index >= 15 is 0 Å². The number of aromatic nitrogens is 1. The SMILES string of the molecule is Nc1onc2ccc(Cl)cc12. The molecule has 0 spiro atoms. The van der Waals surface area contributed by atoms with Crippen molar-refractivity contribution < 1.29 is 4.52 Å². The number of rotatable bonds is 0. The number of nitrogens with two attached hydrogens (primary N) is 1. The lowest BCUT2D eigenvalue weighted by atomic mass is 10.2. The molecule has 1 heterocycles. The van der Waals surface area contributed by atoms with E-state index in [2.05, 4.69) is 5.16 Å².